The van der Waals surface area contributed by atoms with Crippen molar-refractivity contribution in [3.63, 3.8) is 0 Å². The number of benzene rings is 2. The molecule has 0 aliphatic heterocycles. The number of carbonyl (C=O) groups excluding carboxylic acids is 2. The highest BCUT2D eigenvalue weighted by molar-refractivity contribution is 7.16. The van der Waals surface area contributed by atoms with Crippen molar-refractivity contribution < 1.29 is 14.3 Å². The molecule has 0 spiro atoms. The summed E-state index contributed by atoms with van der Waals surface area (Å²) < 4.78 is 5.62. The number of para-hydroxylation sites is 2. The van der Waals surface area contributed by atoms with E-state index in [0.29, 0.717) is 28.7 Å². The van der Waals surface area contributed by atoms with E-state index < -0.39 is 0 Å². The van der Waals surface area contributed by atoms with Crippen LogP contribution in [-0.2, 0) is 11.2 Å². The first kappa shape index (κ1) is 21.1. The second-order valence-corrected chi connectivity index (χ2v) is 8.59. The van der Waals surface area contributed by atoms with E-state index in [2.05, 4.69) is 15.6 Å². The molecule has 0 radical (unpaired) electrons. The van der Waals surface area contributed by atoms with E-state index in [1.54, 1.807) is 12.1 Å². The number of ether oxygens (including phenoxy) is 1. The molecule has 1 aliphatic rings. The van der Waals surface area contributed by atoms with Gasteiger partial charge < -0.3 is 10.1 Å². The molecule has 1 unspecified atom stereocenters. The average Bonchev–Trinajstić information content (AvgIpc) is 3.18. The van der Waals surface area contributed by atoms with Crippen LogP contribution in [0.1, 0.15) is 52.2 Å². The van der Waals surface area contributed by atoms with Crippen LogP contribution in [0.5, 0.6) is 5.75 Å². The minimum absolute atomic E-state index is 0.102. The zero-order valence-electron chi connectivity index (χ0n) is 17.6. The molecule has 2 amide bonds. The molecule has 7 heteroatoms. The Morgan fingerprint density at radius 2 is 1.90 bits per heavy atom. The van der Waals surface area contributed by atoms with Crippen LogP contribution in [-0.4, -0.2) is 23.4 Å². The van der Waals surface area contributed by atoms with E-state index in [1.807, 2.05) is 50.2 Å². The van der Waals surface area contributed by atoms with Gasteiger partial charge in [0.2, 0.25) is 5.91 Å². The summed E-state index contributed by atoms with van der Waals surface area (Å²) in [7, 11) is 0. The lowest BCUT2D eigenvalue weighted by Gasteiger charge is -2.21. The van der Waals surface area contributed by atoms with Crippen molar-refractivity contribution >= 4 is 34.0 Å². The van der Waals surface area contributed by atoms with Crippen LogP contribution in [0, 0.1) is 6.92 Å². The van der Waals surface area contributed by atoms with E-state index in [1.165, 1.54) is 11.3 Å². The third-order valence-corrected chi connectivity index (χ3v) is 6.30. The number of rotatable bonds is 6. The van der Waals surface area contributed by atoms with Gasteiger partial charge in [0.15, 0.2) is 5.13 Å². The van der Waals surface area contributed by atoms with E-state index in [0.717, 1.165) is 35.4 Å². The maximum atomic E-state index is 13.1. The van der Waals surface area contributed by atoms with Crippen molar-refractivity contribution in [3.8, 4) is 5.75 Å². The smallest absolute Gasteiger partial charge is 0.257 e. The van der Waals surface area contributed by atoms with Gasteiger partial charge in [-0.25, -0.2) is 4.98 Å². The number of aryl methyl sites for hydroxylation is 2. The van der Waals surface area contributed by atoms with Gasteiger partial charge in [-0.3, -0.25) is 14.9 Å². The normalized spacial score (nSPS) is 15.1. The fourth-order valence-corrected chi connectivity index (χ4v) is 4.73. The molecule has 0 saturated heterocycles. The molecule has 4 rings (SSSR count). The summed E-state index contributed by atoms with van der Waals surface area (Å²) in [6, 6.07) is 14.8. The molecule has 0 bridgehead atoms. The summed E-state index contributed by atoms with van der Waals surface area (Å²) in [4.78, 5) is 31.3. The molecule has 0 fully saturated rings. The Balaban J connectivity index is 1.50. The first-order chi connectivity index (χ1) is 15.0. The van der Waals surface area contributed by atoms with Crippen molar-refractivity contribution in [3.05, 3.63) is 70.2 Å². The Morgan fingerprint density at radius 1 is 1.13 bits per heavy atom. The van der Waals surface area contributed by atoms with Gasteiger partial charge in [0.25, 0.3) is 5.91 Å². The monoisotopic (exact) mass is 435 g/mol. The summed E-state index contributed by atoms with van der Waals surface area (Å²) in [5, 5.41) is 6.42. The lowest BCUT2D eigenvalue weighted by atomic mass is 9.90. The average molecular weight is 436 g/mol. The molecule has 0 saturated carbocycles. The molecule has 2 N–H and O–H groups in total. The number of nitrogens with zero attached hydrogens (tertiary/aromatic N) is 1. The van der Waals surface area contributed by atoms with Crippen LogP contribution in [0.25, 0.3) is 0 Å². The number of carbonyl (C=O) groups is 2. The molecule has 31 heavy (non-hydrogen) atoms. The lowest BCUT2D eigenvalue weighted by Crippen LogP contribution is -2.25. The highest BCUT2D eigenvalue weighted by Gasteiger charge is 2.31. The van der Waals surface area contributed by atoms with E-state index in [-0.39, 0.29) is 17.7 Å². The number of amides is 2. The zero-order chi connectivity index (χ0) is 21.8. The van der Waals surface area contributed by atoms with Gasteiger partial charge in [-0.1, -0.05) is 29.8 Å². The predicted octanol–water partition coefficient (Wildman–Crippen LogP) is 5.16. The molecule has 1 heterocycles. The standard InChI is InChI=1S/C24H25N3O3S/c1-3-30-19-9-5-4-8-18(19)25-23(29)17-7-6-10-20-21(17)26-24(31-20)27-22(28)16-13-11-15(2)12-14-16/h4-5,8-9,11-14,17H,3,6-7,10H2,1-2H3,(H,25,29)(H,26,27,28). The molecule has 6 nitrogen and oxygen atoms in total. The largest absolute Gasteiger partial charge is 0.492 e. The SMILES string of the molecule is CCOc1ccccc1NC(=O)C1CCCc2sc(NC(=O)c3ccc(C)cc3)nc21. The van der Waals surface area contributed by atoms with Gasteiger partial charge in [0.1, 0.15) is 5.75 Å². The Bertz CT molecular complexity index is 1090. The molecular weight excluding hydrogens is 410 g/mol. The number of aromatic nitrogens is 1. The second kappa shape index (κ2) is 9.31. The number of hydrogen-bond acceptors (Lipinski definition) is 5. The van der Waals surface area contributed by atoms with Crippen LogP contribution in [0.4, 0.5) is 10.8 Å². The van der Waals surface area contributed by atoms with Gasteiger partial charge >= 0.3 is 0 Å². The molecule has 1 atom stereocenters. The van der Waals surface area contributed by atoms with Crippen molar-refractivity contribution in [2.24, 2.45) is 0 Å². The number of nitrogens with one attached hydrogen (secondary N) is 2. The van der Waals surface area contributed by atoms with Crippen LogP contribution in [0.3, 0.4) is 0 Å². The summed E-state index contributed by atoms with van der Waals surface area (Å²) in [6.45, 7) is 4.42. The van der Waals surface area contributed by atoms with Crippen LogP contribution in [0.2, 0.25) is 0 Å². The number of thiazole rings is 1. The van der Waals surface area contributed by atoms with Crippen LogP contribution in [0.15, 0.2) is 48.5 Å². The minimum Gasteiger partial charge on any atom is -0.492 e. The first-order valence-corrected chi connectivity index (χ1v) is 11.3. The van der Waals surface area contributed by atoms with Crippen molar-refractivity contribution in [2.75, 3.05) is 17.2 Å². The molecule has 1 aromatic heterocycles. The van der Waals surface area contributed by atoms with E-state index >= 15 is 0 Å². The van der Waals surface area contributed by atoms with Gasteiger partial charge in [-0.05, 0) is 57.4 Å². The Labute approximate surface area is 185 Å². The maximum absolute atomic E-state index is 13.1. The summed E-state index contributed by atoms with van der Waals surface area (Å²) >= 11 is 1.45. The van der Waals surface area contributed by atoms with E-state index in [4.69, 9.17) is 4.74 Å². The van der Waals surface area contributed by atoms with Gasteiger partial charge in [-0.2, -0.15) is 0 Å². The highest BCUT2D eigenvalue weighted by atomic mass is 32.1. The Kier molecular flexibility index (Phi) is 6.32. The summed E-state index contributed by atoms with van der Waals surface area (Å²) in [5.74, 6) is 0.00553. The van der Waals surface area contributed by atoms with Crippen LogP contribution < -0.4 is 15.4 Å². The van der Waals surface area contributed by atoms with Gasteiger partial charge in [0.05, 0.1) is 23.9 Å². The third kappa shape index (κ3) is 4.77. The summed E-state index contributed by atoms with van der Waals surface area (Å²) in [6.07, 6.45) is 2.50. The fourth-order valence-electron chi connectivity index (χ4n) is 3.67. The maximum Gasteiger partial charge on any atom is 0.257 e. The number of fused-ring (bicyclic) bond motifs is 1. The molecule has 160 valence electrons. The fraction of sp³-hybridized carbons (Fsp3) is 0.292. The topological polar surface area (TPSA) is 80.3 Å². The molecule has 1 aliphatic carbocycles. The van der Waals surface area contributed by atoms with Crippen LogP contribution >= 0.6 is 11.3 Å². The van der Waals surface area contributed by atoms with Gasteiger partial charge in [-0.15, -0.1) is 11.3 Å². The molecular formula is C24H25N3O3S. The Hall–Kier alpha value is -3.19. The number of hydrogen-bond donors (Lipinski definition) is 2. The van der Waals surface area contributed by atoms with Gasteiger partial charge in [0, 0.05) is 10.4 Å². The van der Waals surface area contributed by atoms with Crippen molar-refractivity contribution in [2.45, 2.75) is 39.0 Å². The quantitative estimate of drug-likeness (QED) is 0.560. The molecule has 3 aromatic rings. The lowest BCUT2D eigenvalue weighted by molar-refractivity contribution is -0.118. The first-order valence-electron chi connectivity index (χ1n) is 10.5. The second-order valence-electron chi connectivity index (χ2n) is 7.51. The summed E-state index contributed by atoms with van der Waals surface area (Å²) in [5.41, 5.74) is 3.10. The van der Waals surface area contributed by atoms with Crippen molar-refractivity contribution in [1.82, 2.24) is 4.98 Å². The highest BCUT2D eigenvalue weighted by Crippen LogP contribution is 2.38. The Morgan fingerprint density at radius 3 is 2.68 bits per heavy atom. The van der Waals surface area contributed by atoms with E-state index in [9.17, 15) is 9.59 Å². The molecule has 2 aromatic carbocycles. The van der Waals surface area contributed by atoms with Crippen molar-refractivity contribution in [1.29, 1.82) is 0 Å². The number of anilines is 2. The predicted molar refractivity (Wildman–Crippen MR) is 123 cm³/mol. The minimum atomic E-state index is -0.347. The third-order valence-electron chi connectivity index (χ3n) is 5.25. The zero-order valence-corrected chi connectivity index (χ0v) is 18.4.